The van der Waals surface area contributed by atoms with Crippen LogP contribution in [0.1, 0.15) is 90.8 Å². The van der Waals surface area contributed by atoms with Gasteiger partial charge < -0.3 is 10.7 Å². The average molecular weight is 589 g/mol. The fourth-order valence-electron chi connectivity index (χ4n) is 5.36. The molecule has 7 nitrogen and oxygen atoms in total. The second kappa shape index (κ2) is 14.7. The molecule has 2 aromatic heterocycles. The molecule has 0 amide bonds. The maximum absolute atomic E-state index is 12.8. The molecule has 2 unspecified atom stereocenters. The van der Waals surface area contributed by atoms with Crippen molar-refractivity contribution in [1.29, 1.82) is 5.41 Å². The topological polar surface area (TPSA) is 112 Å². The van der Waals surface area contributed by atoms with Crippen molar-refractivity contribution in [2.45, 2.75) is 77.2 Å². The molecule has 3 aromatic rings. The van der Waals surface area contributed by atoms with Crippen LogP contribution < -0.4 is 10.9 Å². The molecule has 4 rings (SSSR count). The smallest absolute Gasteiger partial charge is 0.256 e. The van der Waals surface area contributed by atoms with Gasteiger partial charge in [0.1, 0.15) is 0 Å². The number of carbonyl (C=O) groups is 1. The monoisotopic (exact) mass is 587 g/mol. The van der Waals surface area contributed by atoms with Gasteiger partial charge in [0.25, 0.3) is 5.56 Å². The number of halogens is 2. The number of thiazole rings is 1. The Morgan fingerprint density at radius 1 is 1.13 bits per heavy atom. The van der Waals surface area contributed by atoms with E-state index < -0.39 is 0 Å². The fourth-order valence-corrected chi connectivity index (χ4v) is 6.27. The number of aromatic amines is 1. The largest absolute Gasteiger partial charge is 0.352 e. The SMILES string of the molecule is N=Cc1nc(NCc2ccc(Cl)c(Cl)c2)[nH]c(=O)c1CCCCC1CCCCC(CC(=O)c2nccs2)CC1. The lowest BCUT2D eigenvalue weighted by Gasteiger charge is -2.24. The van der Waals surface area contributed by atoms with E-state index >= 15 is 0 Å². The third kappa shape index (κ3) is 8.72. The van der Waals surface area contributed by atoms with Crippen LogP contribution in [0.4, 0.5) is 5.95 Å². The van der Waals surface area contributed by atoms with Crippen molar-refractivity contribution in [3.8, 4) is 0 Å². The number of hydrogen-bond donors (Lipinski definition) is 3. The highest BCUT2D eigenvalue weighted by molar-refractivity contribution is 7.11. The predicted molar refractivity (Wildman–Crippen MR) is 160 cm³/mol. The van der Waals surface area contributed by atoms with Gasteiger partial charge in [-0.2, -0.15) is 0 Å². The molecule has 0 saturated heterocycles. The Morgan fingerprint density at radius 2 is 1.92 bits per heavy atom. The summed E-state index contributed by atoms with van der Waals surface area (Å²) in [5.41, 5.74) is 1.65. The molecule has 1 saturated carbocycles. The molecule has 1 fully saturated rings. The van der Waals surface area contributed by atoms with Crippen molar-refractivity contribution >= 4 is 52.5 Å². The molecule has 3 N–H and O–H groups in total. The minimum absolute atomic E-state index is 0.184. The van der Waals surface area contributed by atoms with Crippen LogP contribution in [-0.4, -0.2) is 26.9 Å². The first kappa shape index (κ1) is 29.4. The second-order valence-corrected chi connectivity index (χ2v) is 12.0. The Morgan fingerprint density at radius 3 is 2.67 bits per heavy atom. The summed E-state index contributed by atoms with van der Waals surface area (Å²) in [6, 6.07) is 5.34. The van der Waals surface area contributed by atoms with E-state index in [1.807, 2.05) is 11.4 Å². The number of rotatable bonds is 12. The lowest BCUT2D eigenvalue weighted by Crippen LogP contribution is -2.20. The van der Waals surface area contributed by atoms with Crippen LogP contribution in [0.5, 0.6) is 0 Å². The van der Waals surface area contributed by atoms with Gasteiger partial charge in [-0.25, -0.2) is 9.97 Å². The highest BCUT2D eigenvalue weighted by atomic mass is 35.5. The maximum atomic E-state index is 12.8. The molecule has 0 radical (unpaired) electrons. The molecule has 208 valence electrons. The van der Waals surface area contributed by atoms with Gasteiger partial charge in [-0.15, -0.1) is 11.3 Å². The maximum Gasteiger partial charge on any atom is 0.256 e. The lowest BCUT2D eigenvalue weighted by atomic mass is 9.81. The van der Waals surface area contributed by atoms with E-state index in [0.29, 0.717) is 63.5 Å². The molecule has 1 aromatic carbocycles. The number of carbonyl (C=O) groups excluding carboxylic acids is 1. The van der Waals surface area contributed by atoms with E-state index in [2.05, 4.69) is 20.3 Å². The number of anilines is 1. The minimum Gasteiger partial charge on any atom is -0.352 e. The third-order valence-corrected chi connectivity index (χ3v) is 9.07. The van der Waals surface area contributed by atoms with E-state index in [4.69, 9.17) is 28.6 Å². The molecule has 1 aliphatic carbocycles. The van der Waals surface area contributed by atoms with Gasteiger partial charge in [0.2, 0.25) is 5.95 Å². The van der Waals surface area contributed by atoms with Crippen LogP contribution in [0.3, 0.4) is 0 Å². The van der Waals surface area contributed by atoms with Crippen molar-refractivity contribution in [3.05, 3.63) is 72.0 Å². The van der Waals surface area contributed by atoms with Crippen LogP contribution in [0.2, 0.25) is 10.0 Å². The third-order valence-electron chi connectivity index (χ3n) is 7.52. The number of nitrogens with zero attached hydrogens (tertiary/aromatic N) is 2. The summed E-state index contributed by atoms with van der Waals surface area (Å²) in [6.07, 6.45) is 14.1. The number of Topliss-reactive ketones (excluding diaryl/α,β-unsaturated/α-hetero) is 1. The van der Waals surface area contributed by atoms with Gasteiger partial charge in [-0.3, -0.25) is 14.6 Å². The van der Waals surface area contributed by atoms with Crippen molar-refractivity contribution in [2.75, 3.05) is 5.32 Å². The number of nitrogens with one attached hydrogen (secondary N) is 3. The zero-order valence-electron chi connectivity index (χ0n) is 22.0. The number of benzene rings is 1. The molecule has 0 aliphatic heterocycles. The standard InChI is InChI=1S/C29H35Cl2N5O2S/c30-23-12-11-21(15-24(23)31)18-34-29-35-25(17-32)22(27(38)36-29)8-4-3-6-19-5-1-2-7-20(10-9-19)16-26(37)28-33-13-14-39-28/h11-15,17,19-20,32H,1-10,16,18H2,(H2,34,35,36,38). The van der Waals surface area contributed by atoms with Crippen molar-refractivity contribution < 1.29 is 4.79 Å². The van der Waals surface area contributed by atoms with Gasteiger partial charge in [0.05, 0.1) is 15.7 Å². The zero-order chi connectivity index (χ0) is 27.6. The Hall–Kier alpha value is -2.55. The van der Waals surface area contributed by atoms with Crippen LogP contribution in [0.15, 0.2) is 34.6 Å². The van der Waals surface area contributed by atoms with Crippen LogP contribution in [0.25, 0.3) is 0 Å². The molecule has 10 heteroatoms. The first-order valence-electron chi connectivity index (χ1n) is 13.7. The molecule has 2 heterocycles. The first-order chi connectivity index (χ1) is 18.9. The fraction of sp³-hybridized carbons (Fsp3) is 0.483. The van der Waals surface area contributed by atoms with Crippen molar-refractivity contribution in [1.82, 2.24) is 15.0 Å². The number of aromatic nitrogens is 3. The second-order valence-electron chi connectivity index (χ2n) is 10.3. The first-order valence-corrected chi connectivity index (χ1v) is 15.3. The highest BCUT2D eigenvalue weighted by Crippen LogP contribution is 2.32. The van der Waals surface area contributed by atoms with Crippen LogP contribution in [0, 0.1) is 17.2 Å². The van der Waals surface area contributed by atoms with Crippen LogP contribution in [-0.2, 0) is 13.0 Å². The van der Waals surface area contributed by atoms with Crippen molar-refractivity contribution in [2.24, 2.45) is 11.8 Å². The van der Waals surface area contributed by atoms with Gasteiger partial charge >= 0.3 is 0 Å². The summed E-state index contributed by atoms with van der Waals surface area (Å²) in [4.78, 5) is 36.8. The molecular weight excluding hydrogens is 553 g/mol. The zero-order valence-corrected chi connectivity index (χ0v) is 24.3. The number of ketones is 1. The molecular formula is C29H35Cl2N5O2S. The predicted octanol–water partition coefficient (Wildman–Crippen LogP) is 7.72. The van der Waals surface area contributed by atoms with E-state index in [9.17, 15) is 9.59 Å². The average Bonchev–Trinajstić information content (AvgIpc) is 3.46. The van der Waals surface area contributed by atoms with E-state index in [-0.39, 0.29) is 11.3 Å². The Kier molecular flexibility index (Phi) is 11.1. The van der Waals surface area contributed by atoms with E-state index in [0.717, 1.165) is 50.3 Å². The quantitative estimate of drug-likeness (QED) is 0.114. The normalized spacial score (nSPS) is 17.8. The number of unbranched alkanes of at least 4 members (excludes halogenated alkanes) is 1. The van der Waals surface area contributed by atoms with E-state index in [1.54, 1.807) is 18.3 Å². The molecule has 0 bridgehead atoms. The molecule has 0 spiro atoms. The molecule has 2 atom stereocenters. The summed E-state index contributed by atoms with van der Waals surface area (Å²) in [7, 11) is 0. The Bertz CT molecular complexity index is 1310. The van der Waals surface area contributed by atoms with Gasteiger partial charge in [-0.05, 0) is 48.8 Å². The van der Waals surface area contributed by atoms with Crippen LogP contribution >= 0.6 is 34.5 Å². The number of hydrogen-bond acceptors (Lipinski definition) is 7. The van der Waals surface area contributed by atoms with Gasteiger partial charge in [0.15, 0.2) is 10.8 Å². The van der Waals surface area contributed by atoms with Gasteiger partial charge in [0, 0.05) is 36.3 Å². The van der Waals surface area contributed by atoms with Gasteiger partial charge in [-0.1, -0.05) is 74.2 Å². The Balaban J connectivity index is 1.24. The Labute approximate surface area is 243 Å². The summed E-state index contributed by atoms with van der Waals surface area (Å²) < 4.78 is 0. The van der Waals surface area contributed by atoms with Crippen molar-refractivity contribution in [3.63, 3.8) is 0 Å². The minimum atomic E-state index is -0.209. The lowest BCUT2D eigenvalue weighted by molar-refractivity contribution is 0.0950. The molecule has 1 aliphatic rings. The summed E-state index contributed by atoms with van der Waals surface area (Å²) >= 11 is 13.5. The van der Waals surface area contributed by atoms with E-state index in [1.165, 1.54) is 30.6 Å². The molecule has 39 heavy (non-hydrogen) atoms. The summed E-state index contributed by atoms with van der Waals surface area (Å²) in [5.74, 6) is 1.62. The highest BCUT2D eigenvalue weighted by Gasteiger charge is 2.21. The summed E-state index contributed by atoms with van der Waals surface area (Å²) in [5, 5.41) is 14.3. The number of H-pyrrole nitrogens is 1. The summed E-state index contributed by atoms with van der Waals surface area (Å²) in [6.45, 7) is 0.415.